The monoisotopic (exact) mass is 456 g/mol. The van der Waals surface area contributed by atoms with Crippen LogP contribution in [0.15, 0.2) is 23.3 Å². The van der Waals surface area contributed by atoms with Crippen molar-refractivity contribution >= 4 is 19.4 Å². The molecule has 4 aliphatic rings. The number of allylic oxidation sites excluding steroid dienone is 4. The molecule has 0 heterocycles. The average Bonchev–Trinajstić information content (AvgIpc) is 2.89. The SMILES string of the molecule is C[C@H]1C[C@H]2[C@@H]3C[C@H](F)C4=CC(=O)CC[C@]4(C)C3=CC[C@]2(C)[C@@]1(O)C(=O)COP(=O)(O)O. The standard InChI is InChI=1S/C22H30FO7P/c1-12-8-16-14-10-18(23)17-9-13(24)4-6-20(17,2)15(14)5-7-21(16,3)22(12,26)19(25)11-30-31(27,28)29/h5,9,12,14,16,18,26H,4,6-8,10-11H2,1-3H3,(H2,27,28,29)/t12-,14+,16-,18-,20+,21-,22-/m0/s1. The molecule has 9 heteroatoms. The van der Waals surface area contributed by atoms with Crippen molar-refractivity contribution in [3.63, 3.8) is 0 Å². The van der Waals surface area contributed by atoms with E-state index in [1.54, 1.807) is 6.92 Å². The minimum atomic E-state index is -4.86. The number of Topliss-reactive ketones (excluding diaryl/α,β-unsaturated/α-hetero) is 1. The van der Waals surface area contributed by atoms with Crippen LogP contribution >= 0.6 is 7.82 Å². The highest BCUT2D eigenvalue weighted by molar-refractivity contribution is 7.46. The number of halogens is 1. The zero-order valence-corrected chi connectivity index (χ0v) is 18.9. The highest BCUT2D eigenvalue weighted by Crippen LogP contribution is 2.67. The molecular weight excluding hydrogens is 426 g/mol. The van der Waals surface area contributed by atoms with Gasteiger partial charge in [0.15, 0.2) is 11.6 Å². The fourth-order valence-corrected chi connectivity index (χ4v) is 7.34. The molecule has 2 saturated carbocycles. The van der Waals surface area contributed by atoms with Crippen LogP contribution < -0.4 is 0 Å². The molecule has 3 N–H and O–H groups in total. The van der Waals surface area contributed by atoms with Crippen molar-refractivity contribution in [1.82, 2.24) is 0 Å². The molecule has 0 spiro atoms. The van der Waals surface area contributed by atoms with Crippen LogP contribution in [0.5, 0.6) is 0 Å². The van der Waals surface area contributed by atoms with Crippen LogP contribution in [0, 0.1) is 28.6 Å². The van der Waals surface area contributed by atoms with Crippen LogP contribution in [0.4, 0.5) is 4.39 Å². The lowest BCUT2D eigenvalue weighted by Crippen LogP contribution is -2.58. The summed E-state index contributed by atoms with van der Waals surface area (Å²) in [7, 11) is -4.86. The number of hydrogen-bond donors (Lipinski definition) is 3. The zero-order chi connectivity index (χ0) is 23.0. The molecule has 172 valence electrons. The van der Waals surface area contributed by atoms with Crippen LogP contribution in [0.1, 0.15) is 52.9 Å². The quantitative estimate of drug-likeness (QED) is 0.439. The number of fused-ring (bicyclic) bond motifs is 5. The third-order valence-electron chi connectivity index (χ3n) is 8.69. The van der Waals surface area contributed by atoms with E-state index >= 15 is 4.39 Å². The average molecular weight is 456 g/mol. The first-order valence-corrected chi connectivity index (χ1v) is 12.3. The van der Waals surface area contributed by atoms with E-state index in [4.69, 9.17) is 9.79 Å². The minimum Gasteiger partial charge on any atom is -0.381 e. The molecule has 0 bridgehead atoms. The second-order valence-electron chi connectivity index (χ2n) is 10.2. The molecule has 0 aromatic rings. The predicted octanol–water partition coefficient (Wildman–Crippen LogP) is 3.04. The first kappa shape index (κ1) is 23.0. The summed E-state index contributed by atoms with van der Waals surface area (Å²) in [6.07, 6.45) is 4.24. The summed E-state index contributed by atoms with van der Waals surface area (Å²) in [5, 5.41) is 11.6. The third-order valence-corrected chi connectivity index (χ3v) is 9.16. The Morgan fingerprint density at radius 3 is 2.61 bits per heavy atom. The summed E-state index contributed by atoms with van der Waals surface area (Å²) in [5.74, 6) is -1.61. The molecule has 0 unspecified atom stereocenters. The van der Waals surface area contributed by atoms with Crippen molar-refractivity contribution in [3.8, 4) is 0 Å². The van der Waals surface area contributed by atoms with Crippen LogP contribution in [-0.4, -0.2) is 44.8 Å². The van der Waals surface area contributed by atoms with Crippen molar-refractivity contribution in [2.45, 2.75) is 64.6 Å². The Morgan fingerprint density at radius 2 is 1.97 bits per heavy atom. The Kier molecular flexibility index (Phi) is 5.31. The maximum atomic E-state index is 15.3. The molecule has 31 heavy (non-hydrogen) atoms. The van der Waals surface area contributed by atoms with Crippen LogP contribution in [-0.2, 0) is 18.7 Å². The van der Waals surface area contributed by atoms with E-state index in [0.29, 0.717) is 31.3 Å². The topological polar surface area (TPSA) is 121 Å². The van der Waals surface area contributed by atoms with Gasteiger partial charge < -0.3 is 14.9 Å². The largest absolute Gasteiger partial charge is 0.470 e. The number of ketones is 2. The molecule has 0 amide bonds. The van der Waals surface area contributed by atoms with Gasteiger partial charge >= 0.3 is 7.82 Å². The molecular formula is C22H30FO7P. The van der Waals surface area contributed by atoms with E-state index in [1.807, 2.05) is 19.9 Å². The van der Waals surface area contributed by atoms with Gasteiger partial charge in [0, 0.05) is 17.3 Å². The molecule has 0 aliphatic heterocycles. The molecule has 0 radical (unpaired) electrons. The number of carbonyl (C=O) groups excluding carboxylic acids is 2. The Morgan fingerprint density at radius 1 is 1.29 bits per heavy atom. The van der Waals surface area contributed by atoms with Crippen molar-refractivity contribution < 1.29 is 38.0 Å². The maximum absolute atomic E-state index is 15.3. The number of carbonyl (C=O) groups is 2. The Balaban J connectivity index is 1.72. The summed E-state index contributed by atoms with van der Waals surface area (Å²) in [6.45, 7) is 4.67. The van der Waals surface area contributed by atoms with Crippen molar-refractivity contribution in [2.75, 3.05) is 6.61 Å². The smallest absolute Gasteiger partial charge is 0.381 e. The van der Waals surface area contributed by atoms with E-state index in [2.05, 4.69) is 4.52 Å². The van der Waals surface area contributed by atoms with E-state index in [1.165, 1.54) is 6.08 Å². The first-order chi connectivity index (χ1) is 14.2. The normalized spacial score (nSPS) is 44.7. The maximum Gasteiger partial charge on any atom is 0.470 e. The summed E-state index contributed by atoms with van der Waals surface area (Å²) < 4.78 is 30.8. The van der Waals surface area contributed by atoms with Gasteiger partial charge in [0.2, 0.25) is 0 Å². The molecule has 0 saturated heterocycles. The van der Waals surface area contributed by atoms with Gasteiger partial charge in [0.1, 0.15) is 18.4 Å². The molecule has 7 atom stereocenters. The summed E-state index contributed by atoms with van der Waals surface area (Å²) >= 11 is 0. The lowest BCUT2D eigenvalue weighted by Gasteiger charge is -2.55. The number of phosphoric ester groups is 1. The Labute approximate surface area is 181 Å². The summed E-state index contributed by atoms with van der Waals surface area (Å²) in [5.41, 5.74) is -1.63. The number of aliphatic hydroxyl groups is 1. The Bertz CT molecular complexity index is 938. The third kappa shape index (κ3) is 3.25. The van der Waals surface area contributed by atoms with Gasteiger partial charge in [-0.05, 0) is 55.1 Å². The number of phosphoric acid groups is 1. The van der Waals surface area contributed by atoms with Crippen LogP contribution in [0.2, 0.25) is 0 Å². The van der Waals surface area contributed by atoms with Crippen LogP contribution in [0.3, 0.4) is 0 Å². The lowest BCUT2D eigenvalue weighted by molar-refractivity contribution is -0.161. The van der Waals surface area contributed by atoms with Crippen molar-refractivity contribution in [2.24, 2.45) is 28.6 Å². The highest BCUT2D eigenvalue weighted by atomic mass is 31.2. The zero-order valence-electron chi connectivity index (χ0n) is 18.0. The summed E-state index contributed by atoms with van der Waals surface area (Å²) in [6, 6.07) is 0. The summed E-state index contributed by atoms with van der Waals surface area (Å²) in [4.78, 5) is 42.9. The predicted molar refractivity (Wildman–Crippen MR) is 109 cm³/mol. The second-order valence-corrected chi connectivity index (χ2v) is 11.4. The van der Waals surface area contributed by atoms with E-state index in [-0.39, 0.29) is 24.0 Å². The first-order valence-electron chi connectivity index (χ1n) is 10.8. The van der Waals surface area contributed by atoms with Gasteiger partial charge in [0.05, 0.1) is 0 Å². The van der Waals surface area contributed by atoms with Gasteiger partial charge in [-0.1, -0.05) is 32.4 Å². The van der Waals surface area contributed by atoms with Gasteiger partial charge in [-0.3, -0.25) is 14.1 Å². The molecule has 4 aliphatic carbocycles. The fraction of sp³-hybridized carbons (Fsp3) is 0.727. The van der Waals surface area contributed by atoms with Crippen molar-refractivity contribution in [1.29, 1.82) is 0 Å². The molecule has 7 nitrogen and oxygen atoms in total. The molecule has 0 aromatic carbocycles. The van der Waals surface area contributed by atoms with Crippen LogP contribution in [0.25, 0.3) is 0 Å². The van der Waals surface area contributed by atoms with E-state index in [0.717, 1.165) is 5.57 Å². The fourth-order valence-electron chi connectivity index (χ4n) is 7.05. The van der Waals surface area contributed by atoms with E-state index < -0.39 is 48.7 Å². The van der Waals surface area contributed by atoms with Gasteiger partial charge in [-0.2, -0.15) is 0 Å². The molecule has 2 fully saturated rings. The number of alkyl halides is 1. The minimum absolute atomic E-state index is 0.0469. The molecule has 0 aromatic heterocycles. The molecule has 4 rings (SSSR count). The number of hydrogen-bond acceptors (Lipinski definition) is 5. The van der Waals surface area contributed by atoms with Gasteiger partial charge in [-0.15, -0.1) is 0 Å². The van der Waals surface area contributed by atoms with Crippen molar-refractivity contribution in [3.05, 3.63) is 23.3 Å². The van der Waals surface area contributed by atoms with E-state index in [9.17, 15) is 19.3 Å². The Hall–Kier alpha value is -1.18. The highest BCUT2D eigenvalue weighted by Gasteiger charge is 2.68. The second kappa shape index (κ2) is 7.16. The van der Waals surface area contributed by atoms with Gasteiger partial charge in [-0.25, -0.2) is 8.96 Å². The van der Waals surface area contributed by atoms with Gasteiger partial charge in [0.25, 0.3) is 0 Å². The lowest BCUT2D eigenvalue weighted by atomic mass is 9.50. The number of rotatable bonds is 4.